The van der Waals surface area contributed by atoms with Crippen LogP contribution in [0, 0.1) is 0 Å². The monoisotopic (exact) mass is 418 g/mol. The van der Waals surface area contributed by atoms with Crippen LogP contribution >= 0.6 is 27.5 Å². The van der Waals surface area contributed by atoms with Gasteiger partial charge in [-0.1, -0.05) is 45.7 Å². The Kier molecular flexibility index (Phi) is 6.00. The Balaban J connectivity index is 1.88. The van der Waals surface area contributed by atoms with E-state index in [-0.39, 0.29) is 4.90 Å². The second-order valence-corrected chi connectivity index (χ2v) is 7.34. The van der Waals surface area contributed by atoms with Gasteiger partial charge in [0.05, 0.1) is 9.92 Å². The molecule has 23 heavy (non-hydrogen) atoms. The fraction of sp³-hybridized carbons (Fsp3) is 0.0714. The SMILES string of the molecule is O=C(COc1ccc(Br)cc1Cl)NNS(=O)(=O)c1ccccc1. The average molecular weight is 420 g/mol. The smallest absolute Gasteiger partial charge is 0.272 e. The first-order valence-electron chi connectivity index (χ1n) is 6.32. The first-order valence-corrected chi connectivity index (χ1v) is 8.97. The first-order chi connectivity index (χ1) is 10.9. The quantitative estimate of drug-likeness (QED) is 0.705. The fourth-order valence-electron chi connectivity index (χ4n) is 1.55. The Morgan fingerprint density at radius 1 is 1.17 bits per heavy atom. The van der Waals surface area contributed by atoms with Crippen molar-refractivity contribution >= 4 is 43.5 Å². The lowest BCUT2D eigenvalue weighted by atomic mass is 10.3. The van der Waals surface area contributed by atoms with Gasteiger partial charge in [-0.05, 0) is 30.3 Å². The number of rotatable bonds is 6. The standard InChI is InChI=1S/C14H12BrClN2O4S/c15-10-6-7-13(12(16)8-10)22-9-14(19)17-18-23(20,21)11-4-2-1-3-5-11/h1-8,18H,9H2,(H,17,19). The lowest BCUT2D eigenvalue weighted by Gasteiger charge is -2.10. The summed E-state index contributed by atoms with van der Waals surface area (Å²) in [5.41, 5.74) is 2.07. The highest BCUT2D eigenvalue weighted by atomic mass is 79.9. The van der Waals surface area contributed by atoms with E-state index in [0.29, 0.717) is 10.8 Å². The van der Waals surface area contributed by atoms with E-state index in [0.717, 1.165) is 4.47 Å². The van der Waals surface area contributed by atoms with Gasteiger partial charge in [0.2, 0.25) is 0 Å². The minimum absolute atomic E-state index is 0.0390. The minimum atomic E-state index is -3.82. The number of benzene rings is 2. The normalized spacial score (nSPS) is 11.0. The number of hydrogen-bond donors (Lipinski definition) is 2. The molecule has 0 aliphatic heterocycles. The number of hydrogen-bond acceptors (Lipinski definition) is 4. The number of hydrazine groups is 1. The summed E-state index contributed by atoms with van der Waals surface area (Å²) < 4.78 is 29.8. The van der Waals surface area contributed by atoms with E-state index in [1.165, 1.54) is 12.1 Å². The second-order valence-electron chi connectivity index (χ2n) is 4.33. The van der Waals surface area contributed by atoms with Crippen LogP contribution in [0.4, 0.5) is 0 Å². The Morgan fingerprint density at radius 2 is 1.87 bits per heavy atom. The zero-order chi connectivity index (χ0) is 16.9. The van der Waals surface area contributed by atoms with Crippen LogP contribution < -0.4 is 15.0 Å². The molecule has 0 aromatic heterocycles. The third kappa shape index (κ3) is 5.21. The van der Waals surface area contributed by atoms with Gasteiger partial charge in [-0.25, -0.2) is 8.42 Å². The topological polar surface area (TPSA) is 84.5 Å². The molecule has 0 radical (unpaired) electrons. The van der Waals surface area contributed by atoms with Crippen LogP contribution in [0.15, 0.2) is 57.9 Å². The number of carbonyl (C=O) groups excluding carboxylic acids is 1. The van der Waals surface area contributed by atoms with Crippen molar-refractivity contribution in [3.63, 3.8) is 0 Å². The molecule has 0 saturated heterocycles. The number of carbonyl (C=O) groups is 1. The van der Waals surface area contributed by atoms with Crippen LogP contribution in [0.5, 0.6) is 5.75 Å². The van der Waals surface area contributed by atoms with E-state index >= 15 is 0 Å². The summed E-state index contributed by atoms with van der Waals surface area (Å²) in [5.74, 6) is -0.348. The molecule has 2 rings (SSSR count). The van der Waals surface area contributed by atoms with Crippen molar-refractivity contribution in [2.75, 3.05) is 6.61 Å². The molecule has 9 heteroatoms. The van der Waals surface area contributed by atoms with E-state index < -0.39 is 22.5 Å². The molecule has 2 aromatic carbocycles. The second kappa shape index (κ2) is 7.78. The summed E-state index contributed by atoms with van der Waals surface area (Å²) in [6.07, 6.45) is 0. The Morgan fingerprint density at radius 3 is 2.52 bits per heavy atom. The summed E-state index contributed by atoms with van der Waals surface area (Å²) in [5, 5.41) is 0.331. The molecule has 0 aliphatic carbocycles. The zero-order valence-electron chi connectivity index (χ0n) is 11.6. The molecule has 0 saturated carbocycles. The van der Waals surface area contributed by atoms with E-state index in [9.17, 15) is 13.2 Å². The maximum Gasteiger partial charge on any atom is 0.272 e. The number of sulfonamides is 1. The minimum Gasteiger partial charge on any atom is -0.482 e. The predicted molar refractivity (Wildman–Crippen MR) is 89.6 cm³/mol. The molecule has 0 spiro atoms. The highest BCUT2D eigenvalue weighted by molar-refractivity contribution is 9.10. The van der Waals surface area contributed by atoms with Crippen molar-refractivity contribution in [3.8, 4) is 5.75 Å². The lowest BCUT2D eigenvalue weighted by molar-refractivity contribution is -0.123. The summed E-state index contributed by atoms with van der Waals surface area (Å²) in [6, 6.07) is 12.6. The van der Waals surface area contributed by atoms with Crippen LogP contribution in [0.1, 0.15) is 0 Å². The van der Waals surface area contributed by atoms with Gasteiger partial charge in [-0.2, -0.15) is 0 Å². The molecule has 0 bridgehead atoms. The van der Waals surface area contributed by atoms with Gasteiger partial charge in [-0.15, -0.1) is 4.83 Å². The summed E-state index contributed by atoms with van der Waals surface area (Å²) in [6.45, 7) is -0.390. The Hall–Kier alpha value is -1.61. The Labute approximate surface area is 146 Å². The van der Waals surface area contributed by atoms with Crippen molar-refractivity contribution in [1.29, 1.82) is 0 Å². The first kappa shape index (κ1) is 17.7. The number of nitrogens with one attached hydrogen (secondary N) is 2. The number of ether oxygens (including phenoxy) is 1. The third-order valence-corrected chi connectivity index (χ3v) is 4.68. The van der Waals surface area contributed by atoms with Crippen LogP contribution in [0.25, 0.3) is 0 Å². The molecule has 6 nitrogen and oxygen atoms in total. The molecule has 0 atom stereocenters. The van der Waals surface area contributed by atoms with Gasteiger partial charge >= 0.3 is 0 Å². The van der Waals surface area contributed by atoms with Gasteiger partial charge < -0.3 is 4.74 Å². The van der Waals surface area contributed by atoms with Gasteiger partial charge in [0.25, 0.3) is 15.9 Å². The third-order valence-electron chi connectivity index (χ3n) is 2.63. The largest absolute Gasteiger partial charge is 0.482 e. The summed E-state index contributed by atoms with van der Waals surface area (Å²) >= 11 is 9.19. The van der Waals surface area contributed by atoms with E-state index in [2.05, 4.69) is 21.4 Å². The molecule has 2 N–H and O–H groups in total. The van der Waals surface area contributed by atoms with Crippen molar-refractivity contribution in [1.82, 2.24) is 10.3 Å². The summed E-state index contributed by atoms with van der Waals surface area (Å²) in [7, 11) is -3.82. The van der Waals surface area contributed by atoms with Crippen molar-refractivity contribution < 1.29 is 17.9 Å². The predicted octanol–water partition coefficient (Wildman–Crippen LogP) is 2.49. The molecule has 1 amide bonds. The van der Waals surface area contributed by atoms with E-state index in [1.54, 1.807) is 36.4 Å². The zero-order valence-corrected chi connectivity index (χ0v) is 14.8. The molecule has 0 fully saturated rings. The van der Waals surface area contributed by atoms with Crippen molar-refractivity contribution in [3.05, 3.63) is 58.0 Å². The maximum atomic E-state index is 11.9. The van der Waals surface area contributed by atoms with Crippen molar-refractivity contribution in [2.45, 2.75) is 4.90 Å². The van der Waals surface area contributed by atoms with Crippen molar-refractivity contribution in [2.24, 2.45) is 0 Å². The highest BCUT2D eigenvalue weighted by Crippen LogP contribution is 2.27. The summed E-state index contributed by atoms with van der Waals surface area (Å²) in [4.78, 5) is 13.7. The van der Waals surface area contributed by atoms with Crippen LogP contribution in [0.2, 0.25) is 5.02 Å². The lowest BCUT2D eigenvalue weighted by Crippen LogP contribution is -2.43. The molecule has 122 valence electrons. The van der Waals surface area contributed by atoms with Gasteiger partial charge in [0.15, 0.2) is 6.61 Å². The van der Waals surface area contributed by atoms with Gasteiger partial charge in [-0.3, -0.25) is 10.2 Å². The Bertz CT molecular complexity index is 800. The van der Waals surface area contributed by atoms with Gasteiger partial charge in [0.1, 0.15) is 5.75 Å². The molecule has 0 heterocycles. The van der Waals surface area contributed by atoms with Crippen LogP contribution in [0.3, 0.4) is 0 Å². The fourth-order valence-corrected chi connectivity index (χ4v) is 3.16. The number of halogens is 2. The molecule has 0 unspecified atom stereocenters. The van der Waals surface area contributed by atoms with Gasteiger partial charge in [0, 0.05) is 4.47 Å². The maximum absolute atomic E-state index is 11.9. The van der Waals surface area contributed by atoms with E-state index in [1.807, 2.05) is 4.83 Å². The van der Waals surface area contributed by atoms with E-state index in [4.69, 9.17) is 16.3 Å². The van der Waals surface area contributed by atoms with Crippen LogP contribution in [-0.4, -0.2) is 20.9 Å². The number of amides is 1. The molecule has 2 aromatic rings. The average Bonchev–Trinajstić information content (AvgIpc) is 2.53. The molecular formula is C14H12BrClN2O4S. The molecule has 0 aliphatic rings. The van der Waals surface area contributed by atoms with Crippen LogP contribution in [-0.2, 0) is 14.8 Å². The molecular weight excluding hydrogens is 408 g/mol. The highest BCUT2D eigenvalue weighted by Gasteiger charge is 2.14.